The highest BCUT2D eigenvalue weighted by Gasteiger charge is 2.21. The summed E-state index contributed by atoms with van der Waals surface area (Å²) in [6.45, 7) is -0.168. The molecule has 3 aromatic rings. The van der Waals surface area contributed by atoms with E-state index in [0.717, 1.165) is 12.1 Å². The van der Waals surface area contributed by atoms with Crippen molar-refractivity contribution in [3.8, 4) is 5.88 Å². The van der Waals surface area contributed by atoms with Gasteiger partial charge in [0.1, 0.15) is 11.5 Å². The van der Waals surface area contributed by atoms with E-state index in [2.05, 4.69) is 25.7 Å². The van der Waals surface area contributed by atoms with Crippen molar-refractivity contribution < 1.29 is 22.7 Å². The summed E-state index contributed by atoms with van der Waals surface area (Å²) in [5.74, 6) is -0.499. The van der Waals surface area contributed by atoms with E-state index >= 15 is 0 Å². The number of urea groups is 1. The molecule has 12 heteroatoms. The van der Waals surface area contributed by atoms with Crippen molar-refractivity contribution in [1.82, 2.24) is 20.4 Å². The number of aromatic amines is 1. The number of halogens is 4. The van der Waals surface area contributed by atoms with Crippen LogP contribution in [0.4, 0.5) is 29.3 Å². The van der Waals surface area contributed by atoms with Crippen LogP contribution in [0.1, 0.15) is 17.8 Å². The molecule has 8 nitrogen and oxygen atoms in total. The zero-order valence-electron chi connectivity index (χ0n) is 14.9. The average Bonchev–Trinajstić information content (AvgIpc) is 3.18. The van der Waals surface area contributed by atoms with E-state index < -0.39 is 18.3 Å². The minimum absolute atomic E-state index is 0.139. The monoisotopic (exact) mass is 426 g/mol. The molecule has 0 aliphatic rings. The summed E-state index contributed by atoms with van der Waals surface area (Å²) in [6.07, 6.45) is -1.44. The fourth-order valence-corrected chi connectivity index (χ4v) is 2.55. The molecular formula is C17H14ClF3N6O2. The molecular weight excluding hydrogens is 413 g/mol. The zero-order valence-corrected chi connectivity index (χ0v) is 15.6. The van der Waals surface area contributed by atoms with Crippen LogP contribution in [0.25, 0.3) is 0 Å². The Morgan fingerprint density at radius 3 is 2.79 bits per heavy atom. The lowest BCUT2D eigenvalue weighted by Gasteiger charge is -2.22. The van der Waals surface area contributed by atoms with E-state index in [1.807, 2.05) is 0 Å². The molecule has 0 bridgehead atoms. The van der Waals surface area contributed by atoms with Crippen LogP contribution in [0.5, 0.6) is 5.88 Å². The minimum atomic E-state index is -2.73. The number of hydrogen-bond acceptors (Lipinski definition) is 5. The Labute approximate surface area is 167 Å². The highest BCUT2D eigenvalue weighted by Crippen LogP contribution is 2.24. The number of alkyl halides is 2. The highest BCUT2D eigenvalue weighted by atomic mass is 35.5. The van der Waals surface area contributed by atoms with Gasteiger partial charge in [-0.05, 0) is 24.3 Å². The van der Waals surface area contributed by atoms with Crippen LogP contribution in [0, 0.1) is 5.82 Å². The van der Waals surface area contributed by atoms with Crippen LogP contribution < -0.4 is 15.0 Å². The fraction of sp³-hybridized carbons (Fsp3) is 0.176. The summed E-state index contributed by atoms with van der Waals surface area (Å²) in [6, 6.07) is 5.58. The predicted octanol–water partition coefficient (Wildman–Crippen LogP) is 4.18. The molecule has 3 rings (SSSR count). The Hall–Kier alpha value is -3.34. The Balaban J connectivity index is 1.89. The molecule has 0 aliphatic carbocycles. The second-order valence-corrected chi connectivity index (χ2v) is 6.12. The van der Waals surface area contributed by atoms with Crippen molar-refractivity contribution in [2.75, 3.05) is 17.3 Å². The molecule has 0 spiro atoms. The van der Waals surface area contributed by atoms with E-state index in [4.69, 9.17) is 16.3 Å². The van der Waals surface area contributed by atoms with Crippen LogP contribution in [-0.2, 0) is 6.54 Å². The molecule has 0 unspecified atom stereocenters. The van der Waals surface area contributed by atoms with Gasteiger partial charge in [0, 0.05) is 11.8 Å². The molecule has 0 saturated heterocycles. The number of carbonyl (C=O) groups is 1. The van der Waals surface area contributed by atoms with Crippen molar-refractivity contribution in [1.29, 1.82) is 0 Å². The van der Waals surface area contributed by atoms with E-state index in [-0.39, 0.29) is 40.2 Å². The minimum Gasteiger partial charge on any atom is -0.480 e. The van der Waals surface area contributed by atoms with Gasteiger partial charge in [0.05, 0.1) is 36.3 Å². The summed E-state index contributed by atoms with van der Waals surface area (Å²) < 4.78 is 44.0. The molecule has 2 N–H and O–H groups in total. The number of nitrogens with zero attached hydrogens (tertiary/aromatic N) is 4. The Kier molecular flexibility index (Phi) is 6.17. The van der Waals surface area contributed by atoms with Crippen molar-refractivity contribution in [2.24, 2.45) is 0 Å². The lowest BCUT2D eigenvalue weighted by atomic mass is 10.3. The summed E-state index contributed by atoms with van der Waals surface area (Å²) >= 11 is 5.74. The van der Waals surface area contributed by atoms with Crippen LogP contribution in [0.3, 0.4) is 0 Å². The van der Waals surface area contributed by atoms with Gasteiger partial charge in [-0.15, -0.1) is 5.10 Å². The molecule has 2 aromatic heterocycles. The number of benzene rings is 1. The second-order valence-electron chi connectivity index (χ2n) is 5.72. The number of H-pyrrole nitrogens is 1. The van der Waals surface area contributed by atoms with Gasteiger partial charge in [-0.2, -0.15) is 10.2 Å². The third kappa shape index (κ3) is 4.93. The number of carbonyl (C=O) groups excluding carboxylic acids is 1. The van der Waals surface area contributed by atoms with Gasteiger partial charge in [0.15, 0.2) is 0 Å². The van der Waals surface area contributed by atoms with E-state index in [1.54, 1.807) is 0 Å². The van der Waals surface area contributed by atoms with E-state index in [9.17, 15) is 18.0 Å². The lowest BCUT2D eigenvalue weighted by molar-refractivity contribution is 0.146. The van der Waals surface area contributed by atoms with Gasteiger partial charge in [-0.3, -0.25) is 10.00 Å². The Morgan fingerprint density at radius 1 is 1.34 bits per heavy atom. The number of nitrogens with one attached hydrogen (secondary N) is 2. The van der Waals surface area contributed by atoms with Gasteiger partial charge in [-0.25, -0.2) is 18.0 Å². The third-order valence-corrected chi connectivity index (χ3v) is 4.05. The predicted molar refractivity (Wildman–Crippen MR) is 98.7 cm³/mol. The molecule has 0 radical (unpaired) electrons. The number of rotatable bonds is 6. The highest BCUT2D eigenvalue weighted by molar-refractivity contribution is 6.31. The lowest BCUT2D eigenvalue weighted by Crippen LogP contribution is -2.34. The summed E-state index contributed by atoms with van der Waals surface area (Å²) in [7, 11) is 1.38. The number of ether oxygens (including phenoxy) is 1. The maximum Gasteiger partial charge on any atom is 0.326 e. The number of hydrogen-bond donors (Lipinski definition) is 2. The number of methoxy groups -OCH3 is 1. The third-order valence-electron chi connectivity index (χ3n) is 3.76. The number of aromatic nitrogens is 4. The topological polar surface area (TPSA) is 96.0 Å². The van der Waals surface area contributed by atoms with Crippen molar-refractivity contribution >= 4 is 29.0 Å². The maximum absolute atomic E-state index is 13.3. The van der Waals surface area contributed by atoms with Gasteiger partial charge < -0.3 is 10.1 Å². The molecule has 2 amide bonds. The molecule has 152 valence electrons. The fourth-order valence-electron chi connectivity index (χ4n) is 2.37. The van der Waals surface area contributed by atoms with Gasteiger partial charge >= 0.3 is 6.03 Å². The molecule has 0 aliphatic heterocycles. The second kappa shape index (κ2) is 8.78. The first-order valence-electron chi connectivity index (χ1n) is 8.10. The molecule has 2 heterocycles. The molecule has 0 atom stereocenters. The van der Waals surface area contributed by atoms with Crippen molar-refractivity contribution in [3.63, 3.8) is 0 Å². The molecule has 0 saturated carbocycles. The zero-order chi connectivity index (χ0) is 21.0. The van der Waals surface area contributed by atoms with E-state index in [0.29, 0.717) is 0 Å². The maximum atomic E-state index is 13.3. The van der Waals surface area contributed by atoms with Gasteiger partial charge in [0.25, 0.3) is 6.43 Å². The SMILES string of the molecule is COc1cc(N(Cc2cc(C(F)F)[nH]n2)C(=O)Nc2ccc(F)c(Cl)c2)cnn1. The number of amides is 2. The Morgan fingerprint density at radius 2 is 2.14 bits per heavy atom. The first kappa shape index (κ1) is 20.4. The van der Waals surface area contributed by atoms with Gasteiger partial charge in [-0.1, -0.05) is 11.6 Å². The normalized spacial score (nSPS) is 10.8. The van der Waals surface area contributed by atoms with Crippen molar-refractivity contribution in [2.45, 2.75) is 13.0 Å². The summed E-state index contributed by atoms with van der Waals surface area (Å²) in [5, 5.41) is 15.9. The molecule has 1 aromatic carbocycles. The average molecular weight is 427 g/mol. The molecule has 29 heavy (non-hydrogen) atoms. The summed E-state index contributed by atoms with van der Waals surface area (Å²) in [5.41, 5.74) is 0.305. The largest absolute Gasteiger partial charge is 0.480 e. The van der Waals surface area contributed by atoms with Crippen LogP contribution >= 0.6 is 11.6 Å². The molecule has 0 fully saturated rings. The summed E-state index contributed by atoms with van der Waals surface area (Å²) in [4.78, 5) is 14.0. The smallest absolute Gasteiger partial charge is 0.326 e. The van der Waals surface area contributed by atoms with Crippen LogP contribution in [0.15, 0.2) is 36.5 Å². The van der Waals surface area contributed by atoms with Gasteiger partial charge in [0.2, 0.25) is 5.88 Å². The Bertz CT molecular complexity index is 1020. The number of anilines is 2. The first-order valence-corrected chi connectivity index (χ1v) is 8.47. The first-order chi connectivity index (χ1) is 13.9. The standard InChI is InChI=1S/C17H14ClF3N6O2/c1-29-15-6-11(7-22-26-15)27(8-10-5-14(16(20)21)25-24-10)17(28)23-9-2-3-13(19)12(18)4-9/h2-7,16H,8H2,1H3,(H,23,28)(H,24,25). The van der Waals surface area contributed by atoms with Crippen molar-refractivity contribution in [3.05, 3.63) is 58.8 Å². The van der Waals surface area contributed by atoms with E-state index in [1.165, 1.54) is 36.4 Å². The quantitative estimate of drug-likeness (QED) is 0.616. The van der Waals surface area contributed by atoms with Crippen LogP contribution in [0.2, 0.25) is 5.02 Å². The van der Waals surface area contributed by atoms with Crippen LogP contribution in [-0.4, -0.2) is 33.5 Å².